The summed E-state index contributed by atoms with van der Waals surface area (Å²) in [5.74, 6) is 0.335. The maximum atomic E-state index is 9.58. The van der Waals surface area contributed by atoms with Crippen LogP contribution in [0, 0.1) is 0 Å². The highest BCUT2D eigenvalue weighted by Crippen LogP contribution is 2.24. The number of nitrogens with zero attached hydrogens (tertiary/aromatic N) is 2. The molecule has 4 nitrogen and oxygen atoms in total. The molecule has 0 amide bonds. The molecule has 1 aromatic carbocycles. The van der Waals surface area contributed by atoms with Crippen LogP contribution in [0.4, 0.5) is 0 Å². The van der Waals surface area contributed by atoms with Gasteiger partial charge in [-0.3, -0.25) is 4.90 Å². The van der Waals surface area contributed by atoms with Crippen LogP contribution in [-0.4, -0.2) is 53.1 Å². The molecule has 1 aromatic heterocycles. The van der Waals surface area contributed by atoms with Crippen molar-refractivity contribution in [3.05, 3.63) is 30.0 Å². The minimum absolute atomic E-state index is 0.335. The lowest BCUT2D eigenvalue weighted by molar-refractivity contribution is 0.148. The van der Waals surface area contributed by atoms with Crippen LogP contribution in [0.3, 0.4) is 0 Å². The molecule has 2 heterocycles. The van der Waals surface area contributed by atoms with E-state index in [1.54, 1.807) is 6.07 Å². The summed E-state index contributed by atoms with van der Waals surface area (Å²) in [5.41, 5.74) is 2.36. The van der Waals surface area contributed by atoms with Crippen molar-refractivity contribution < 1.29 is 5.11 Å². The van der Waals surface area contributed by atoms with Gasteiger partial charge in [0, 0.05) is 49.8 Å². The van der Waals surface area contributed by atoms with E-state index >= 15 is 0 Å². The van der Waals surface area contributed by atoms with Gasteiger partial charge in [-0.15, -0.1) is 0 Å². The molecule has 0 unspecified atom stereocenters. The average molecular weight is 245 g/mol. The lowest BCUT2D eigenvalue weighted by Crippen LogP contribution is -2.43. The second kappa shape index (κ2) is 4.63. The number of aromatic amines is 1. The largest absolute Gasteiger partial charge is 0.508 e. The summed E-state index contributed by atoms with van der Waals surface area (Å²) >= 11 is 0. The Bertz CT molecular complexity index is 541. The first-order chi connectivity index (χ1) is 8.72. The first-order valence-corrected chi connectivity index (χ1v) is 6.42. The van der Waals surface area contributed by atoms with Gasteiger partial charge in [0.2, 0.25) is 0 Å². The number of benzene rings is 1. The fraction of sp³-hybridized carbons (Fsp3) is 0.429. The molecular weight excluding hydrogens is 226 g/mol. The number of phenols is 1. The third-order valence-electron chi connectivity index (χ3n) is 3.74. The Morgan fingerprint density at radius 2 is 2.00 bits per heavy atom. The molecule has 1 aliphatic heterocycles. The Morgan fingerprint density at radius 1 is 1.22 bits per heavy atom. The summed E-state index contributed by atoms with van der Waals surface area (Å²) in [6.07, 6.45) is 2.06. The van der Waals surface area contributed by atoms with E-state index in [1.807, 2.05) is 12.1 Å². The Morgan fingerprint density at radius 3 is 2.78 bits per heavy atom. The molecule has 1 fully saturated rings. The van der Waals surface area contributed by atoms with Gasteiger partial charge < -0.3 is 15.0 Å². The summed E-state index contributed by atoms with van der Waals surface area (Å²) < 4.78 is 0. The van der Waals surface area contributed by atoms with Crippen molar-refractivity contribution >= 4 is 10.9 Å². The van der Waals surface area contributed by atoms with Crippen LogP contribution in [0.15, 0.2) is 24.4 Å². The van der Waals surface area contributed by atoms with E-state index in [2.05, 4.69) is 28.0 Å². The fourth-order valence-corrected chi connectivity index (χ4v) is 2.54. The zero-order valence-electron chi connectivity index (χ0n) is 10.7. The first kappa shape index (κ1) is 11.6. The summed E-state index contributed by atoms with van der Waals surface area (Å²) in [4.78, 5) is 8.09. The maximum absolute atomic E-state index is 9.58. The second-order valence-electron chi connectivity index (χ2n) is 5.12. The lowest BCUT2D eigenvalue weighted by atomic mass is 10.1. The van der Waals surface area contributed by atoms with Gasteiger partial charge in [0.1, 0.15) is 5.75 Å². The van der Waals surface area contributed by atoms with Crippen LogP contribution in [0.5, 0.6) is 5.75 Å². The van der Waals surface area contributed by atoms with E-state index in [1.165, 1.54) is 5.56 Å². The zero-order chi connectivity index (χ0) is 12.5. The molecule has 0 saturated carbocycles. The van der Waals surface area contributed by atoms with Gasteiger partial charge in [-0.05, 0) is 30.8 Å². The van der Waals surface area contributed by atoms with Crippen LogP contribution < -0.4 is 0 Å². The highest BCUT2D eigenvalue weighted by atomic mass is 16.3. The molecule has 2 N–H and O–H groups in total. The average Bonchev–Trinajstić information content (AvgIpc) is 2.75. The smallest absolute Gasteiger partial charge is 0.116 e. The summed E-state index contributed by atoms with van der Waals surface area (Å²) in [6, 6.07) is 5.49. The van der Waals surface area contributed by atoms with Gasteiger partial charge in [-0.1, -0.05) is 0 Å². The molecule has 96 valence electrons. The van der Waals surface area contributed by atoms with Crippen molar-refractivity contribution in [1.82, 2.24) is 14.8 Å². The van der Waals surface area contributed by atoms with E-state index in [9.17, 15) is 5.11 Å². The van der Waals surface area contributed by atoms with Gasteiger partial charge in [0.15, 0.2) is 0 Å². The van der Waals surface area contributed by atoms with Gasteiger partial charge >= 0.3 is 0 Å². The van der Waals surface area contributed by atoms with E-state index < -0.39 is 0 Å². The minimum Gasteiger partial charge on any atom is -0.508 e. The number of aromatic hydroxyl groups is 1. The molecule has 4 heteroatoms. The van der Waals surface area contributed by atoms with E-state index in [-0.39, 0.29) is 0 Å². The van der Waals surface area contributed by atoms with Crippen LogP contribution in [0.2, 0.25) is 0 Å². The number of H-pyrrole nitrogens is 1. The Labute approximate surface area is 107 Å². The number of piperazine rings is 1. The van der Waals surface area contributed by atoms with Crippen molar-refractivity contribution in [3.8, 4) is 5.75 Å². The third-order valence-corrected chi connectivity index (χ3v) is 3.74. The summed E-state index contributed by atoms with van der Waals surface area (Å²) in [5, 5.41) is 10.7. The van der Waals surface area contributed by atoms with Gasteiger partial charge in [-0.2, -0.15) is 0 Å². The molecule has 1 saturated heterocycles. The molecule has 0 radical (unpaired) electrons. The Hall–Kier alpha value is -1.52. The number of likely N-dealkylation sites (N-methyl/N-ethyl adjacent to an activating group) is 1. The number of hydrogen-bond donors (Lipinski definition) is 2. The van der Waals surface area contributed by atoms with Crippen LogP contribution >= 0.6 is 0 Å². The molecule has 0 spiro atoms. The topological polar surface area (TPSA) is 42.5 Å². The number of phenolic OH excluding ortho intramolecular Hbond substituents is 1. The molecule has 1 aliphatic rings. The quantitative estimate of drug-likeness (QED) is 0.845. The zero-order valence-corrected chi connectivity index (χ0v) is 10.7. The van der Waals surface area contributed by atoms with E-state index in [4.69, 9.17) is 0 Å². The molecule has 3 rings (SSSR count). The maximum Gasteiger partial charge on any atom is 0.116 e. The lowest BCUT2D eigenvalue weighted by Gasteiger charge is -2.32. The van der Waals surface area contributed by atoms with E-state index in [0.717, 1.165) is 43.6 Å². The van der Waals surface area contributed by atoms with Crippen molar-refractivity contribution in [2.45, 2.75) is 6.54 Å². The predicted octanol–water partition coefficient (Wildman–Crippen LogP) is 1.62. The summed E-state index contributed by atoms with van der Waals surface area (Å²) in [6.45, 7) is 5.45. The molecular formula is C14H19N3O. The van der Waals surface area contributed by atoms with Gasteiger partial charge in [0.05, 0.1) is 0 Å². The van der Waals surface area contributed by atoms with E-state index in [0.29, 0.717) is 5.75 Å². The normalized spacial score (nSPS) is 18.5. The van der Waals surface area contributed by atoms with Crippen molar-refractivity contribution in [1.29, 1.82) is 0 Å². The molecule has 0 atom stereocenters. The van der Waals surface area contributed by atoms with Crippen molar-refractivity contribution in [3.63, 3.8) is 0 Å². The minimum atomic E-state index is 0.335. The monoisotopic (exact) mass is 245 g/mol. The number of fused-ring (bicyclic) bond motifs is 1. The SMILES string of the molecule is CN1CCN(Cc2c[nH]c3ccc(O)cc23)CC1. The second-order valence-corrected chi connectivity index (χ2v) is 5.12. The number of hydrogen-bond acceptors (Lipinski definition) is 3. The number of rotatable bonds is 2. The molecule has 18 heavy (non-hydrogen) atoms. The summed E-state index contributed by atoms with van der Waals surface area (Å²) in [7, 11) is 2.17. The van der Waals surface area contributed by atoms with Crippen LogP contribution in [0.25, 0.3) is 10.9 Å². The van der Waals surface area contributed by atoms with Crippen LogP contribution in [0.1, 0.15) is 5.56 Å². The number of aromatic nitrogens is 1. The molecule has 2 aromatic rings. The predicted molar refractivity (Wildman–Crippen MR) is 72.7 cm³/mol. The van der Waals surface area contributed by atoms with Gasteiger partial charge in [0.25, 0.3) is 0 Å². The third kappa shape index (κ3) is 2.21. The highest BCUT2D eigenvalue weighted by molar-refractivity contribution is 5.84. The van der Waals surface area contributed by atoms with Crippen LogP contribution in [-0.2, 0) is 6.54 Å². The molecule has 0 aliphatic carbocycles. The standard InChI is InChI=1S/C14H19N3O/c1-16-4-6-17(7-5-16)10-11-9-15-14-3-2-12(18)8-13(11)14/h2-3,8-9,15,18H,4-7,10H2,1H3. The molecule has 0 bridgehead atoms. The highest BCUT2D eigenvalue weighted by Gasteiger charge is 2.15. The van der Waals surface area contributed by atoms with Crippen molar-refractivity contribution in [2.75, 3.05) is 33.2 Å². The Balaban J connectivity index is 1.80. The fourth-order valence-electron chi connectivity index (χ4n) is 2.54. The van der Waals surface area contributed by atoms with Gasteiger partial charge in [-0.25, -0.2) is 0 Å². The number of nitrogens with one attached hydrogen (secondary N) is 1. The van der Waals surface area contributed by atoms with Crippen molar-refractivity contribution in [2.24, 2.45) is 0 Å². The Kier molecular flexibility index (Phi) is 2.97. The first-order valence-electron chi connectivity index (χ1n) is 6.42.